The number of ether oxygens (including phenoxy) is 3. The Hall–Kier alpha value is -5.19. The zero-order chi connectivity index (χ0) is 49.7. The van der Waals surface area contributed by atoms with E-state index in [1.54, 1.807) is 23.5 Å². The van der Waals surface area contributed by atoms with Gasteiger partial charge in [-0.1, -0.05) is 59.9 Å². The molecular weight excluding hydrogens is 957 g/mol. The Balaban J connectivity index is 0.000000195. The van der Waals surface area contributed by atoms with E-state index < -0.39 is 0 Å². The number of thiazole rings is 1. The molecule has 15 heteroatoms. The van der Waals surface area contributed by atoms with Crippen molar-refractivity contribution in [1.82, 2.24) is 9.88 Å². The fourth-order valence-corrected chi connectivity index (χ4v) is 11.0. The number of rotatable bonds is 19. The van der Waals surface area contributed by atoms with Crippen molar-refractivity contribution in [3.8, 4) is 11.5 Å². The summed E-state index contributed by atoms with van der Waals surface area (Å²) in [5.41, 5.74) is 10.8. The molecule has 5 aromatic rings. The number of unbranched alkanes of at least 4 members (excludes halogenated alkanes) is 3. The van der Waals surface area contributed by atoms with Gasteiger partial charge in [-0.05, 0) is 129 Å². The van der Waals surface area contributed by atoms with Crippen molar-refractivity contribution in [3.05, 3.63) is 135 Å². The molecule has 0 amide bonds. The van der Waals surface area contributed by atoms with Crippen molar-refractivity contribution in [2.75, 3.05) is 73.9 Å². The quantitative estimate of drug-likeness (QED) is 0.0411. The molecule has 70 heavy (non-hydrogen) atoms. The molecule has 0 spiro atoms. The second kappa shape index (κ2) is 26.3. The van der Waals surface area contributed by atoms with Crippen LogP contribution in [-0.2, 0) is 27.1 Å². The van der Waals surface area contributed by atoms with Crippen LogP contribution in [0.2, 0.25) is 0 Å². The Morgan fingerprint density at radius 3 is 2.37 bits per heavy atom. The summed E-state index contributed by atoms with van der Waals surface area (Å²) in [6.45, 7) is 19.5. The first-order chi connectivity index (χ1) is 33.0. The van der Waals surface area contributed by atoms with Crippen LogP contribution in [-0.4, -0.2) is 95.8 Å². The van der Waals surface area contributed by atoms with E-state index in [0.717, 1.165) is 94.5 Å². The maximum atomic E-state index is 12.5. The highest BCUT2D eigenvalue weighted by Gasteiger charge is 2.34. The fraction of sp³-hybridized carbons (Fsp3) is 0.382. The van der Waals surface area contributed by atoms with Crippen molar-refractivity contribution in [2.24, 2.45) is 0 Å². The van der Waals surface area contributed by atoms with Gasteiger partial charge in [0.2, 0.25) is 6.79 Å². The second-order valence-corrected chi connectivity index (χ2v) is 22.0. The van der Waals surface area contributed by atoms with Crippen LogP contribution in [0.5, 0.6) is 11.5 Å². The Morgan fingerprint density at radius 1 is 0.843 bits per heavy atom. The van der Waals surface area contributed by atoms with Crippen LogP contribution in [0.4, 0.5) is 11.4 Å². The van der Waals surface area contributed by atoms with Crippen molar-refractivity contribution in [3.63, 3.8) is 0 Å². The number of allylic oxidation sites excluding steroid dienone is 2. The SMILES string of the molecule is C.C=C1Cc2cc(C(=O)CSCCCCCCN(C)C)c(C)cc2N1.C=C1Nc2ccc(C(=O)CSCC(=O)OC)cc2C1(C)C.C=c1nc2ccc(=C(O)CSCc3ccc4c(c3)OCO4)cc2s1. The predicted molar refractivity (Wildman–Crippen MR) is 298 cm³/mol. The summed E-state index contributed by atoms with van der Waals surface area (Å²) < 4.78 is 17.1. The van der Waals surface area contributed by atoms with Gasteiger partial charge in [0.25, 0.3) is 0 Å². The molecule has 0 saturated heterocycles. The summed E-state index contributed by atoms with van der Waals surface area (Å²) in [4.78, 5) is 42.3. The van der Waals surface area contributed by atoms with Crippen LogP contribution in [0.15, 0.2) is 91.3 Å². The van der Waals surface area contributed by atoms with Gasteiger partial charge in [0.15, 0.2) is 23.1 Å². The van der Waals surface area contributed by atoms with Gasteiger partial charge in [-0.3, -0.25) is 14.4 Å². The molecule has 3 N–H and O–H groups in total. The van der Waals surface area contributed by atoms with Gasteiger partial charge in [0.1, 0.15) is 10.4 Å². The molecule has 0 atom stereocenters. The minimum absolute atomic E-state index is 0. The Kier molecular flexibility index (Phi) is 21.0. The molecule has 3 aliphatic heterocycles. The summed E-state index contributed by atoms with van der Waals surface area (Å²) in [6, 6.07) is 21.5. The number of nitrogens with one attached hydrogen (secondary N) is 2. The molecule has 0 radical (unpaired) electrons. The molecule has 0 saturated carbocycles. The zero-order valence-corrected chi connectivity index (χ0v) is 43.9. The molecule has 0 unspecified atom stereocenters. The lowest BCUT2D eigenvalue weighted by molar-refractivity contribution is -0.137. The van der Waals surface area contributed by atoms with Gasteiger partial charge in [0.05, 0.1) is 40.3 Å². The van der Waals surface area contributed by atoms with Gasteiger partial charge < -0.3 is 34.9 Å². The molecule has 374 valence electrons. The van der Waals surface area contributed by atoms with Gasteiger partial charge in [0, 0.05) is 56.7 Å². The number of nitrogens with zero attached hydrogens (tertiary/aromatic N) is 2. The molecule has 4 aromatic carbocycles. The van der Waals surface area contributed by atoms with Crippen molar-refractivity contribution >= 4 is 98.1 Å². The first-order valence-corrected chi connectivity index (χ1v) is 27.2. The highest BCUT2D eigenvalue weighted by molar-refractivity contribution is 8.00. The maximum absolute atomic E-state index is 12.5. The maximum Gasteiger partial charge on any atom is 0.315 e. The van der Waals surface area contributed by atoms with Crippen LogP contribution in [0.3, 0.4) is 0 Å². The summed E-state index contributed by atoms with van der Waals surface area (Å²) in [5.74, 6) is 5.39. The fourth-order valence-electron chi connectivity index (χ4n) is 7.73. The lowest BCUT2D eigenvalue weighted by atomic mass is 9.83. The van der Waals surface area contributed by atoms with E-state index in [2.05, 4.69) is 85.1 Å². The molecule has 1 aromatic heterocycles. The van der Waals surface area contributed by atoms with Crippen molar-refractivity contribution in [2.45, 2.75) is 71.5 Å². The number of ketones is 2. The number of thioether (sulfide) groups is 3. The van der Waals surface area contributed by atoms with E-state index in [9.17, 15) is 19.5 Å². The molecule has 8 rings (SSSR count). The molecule has 0 aliphatic carbocycles. The first-order valence-electron chi connectivity index (χ1n) is 22.9. The molecule has 4 heterocycles. The van der Waals surface area contributed by atoms with E-state index in [-0.39, 0.29) is 48.7 Å². The third-order valence-corrected chi connectivity index (χ3v) is 15.6. The van der Waals surface area contributed by atoms with E-state index in [1.807, 2.05) is 61.5 Å². The van der Waals surface area contributed by atoms with Gasteiger partial charge in [-0.25, -0.2) is 4.98 Å². The number of aliphatic hydroxyl groups is 1. The molecule has 3 aliphatic rings. The standard InChI is InChI=1S/C20H30N2OS.C18H15NO3S2.C16H19NO3S.CH4/c1-15-11-19-17(12-16(2)21-19)13-18(15)20(23)14-24-10-8-6-5-7-9-22(3)4;1-11-19-14-4-3-13(7-18(14)24-11)15(20)9-23-8-12-2-5-16-17(6-12)22-10-21-16;1-10-16(2,3)12-7-11(5-6-13(12)17-10)14(18)8-21-9-15(19)20-4;/h11,13,21H,2,5-10,12,14H2,1,3-4H3;2-7,20H,1,8-10H2;5-7,17H,1,8-9H2,2-4H3;1H4. The molecule has 0 fully saturated rings. The lowest BCUT2D eigenvalue weighted by Crippen LogP contribution is -2.16. The third kappa shape index (κ3) is 15.4. The average molecular weight is 1030 g/mol. The van der Waals surface area contributed by atoms with Gasteiger partial charge in [-0.2, -0.15) is 11.8 Å². The van der Waals surface area contributed by atoms with Crippen molar-refractivity contribution in [1.29, 1.82) is 0 Å². The van der Waals surface area contributed by atoms with Crippen LogP contribution in [0, 0.1) is 6.92 Å². The van der Waals surface area contributed by atoms with Crippen molar-refractivity contribution < 1.29 is 33.7 Å². The largest absolute Gasteiger partial charge is 0.511 e. The normalized spacial score (nSPS) is 14.0. The summed E-state index contributed by atoms with van der Waals surface area (Å²) in [7, 11) is 5.58. The van der Waals surface area contributed by atoms with Crippen LogP contribution in [0.25, 0.3) is 22.6 Å². The lowest BCUT2D eigenvalue weighted by Gasteiger charge is -2.19. The van der Waals surface area contributed by atoms with Gasteiger partial charge in [-0.15, -0.1) is 34.9 Å². The average Bonchev–Trinajstić information content (AvgIpc) is 4.09. The number of carbonyl (C=O) groups is 3. The smallest absolute Gasteiger partial charge is 0.315 e. The molecule has 0 bridgehead atoms. The second-order valence-electron chi connectivity index (χ2n) is 17.8. The highest BCUT2D eigenvalue weighted by atomic mass is 32.2. The minimum atomic E-state index is -0.316. The summed E-state index contributed by atoms with van der Waals surface area (Å²) >= 11 is 6.23. The molecule has 11 nitrogen and oxygen atoms in total. The monoisotopic (exact) mass is 1020 g/mol. The number of hydrogen-bond acceptors (Lipinski definition) is 15. The predicted octanol–water partition coefficient (Wildman–Crippen LogP) is 11.2. The number of hydrogen-bond donors (Lipinski definition) is 3. The first kappa shape index (κ1) is 55.7. The van der Waals surface area contributed by atoms with E-state index in [1.165, 1.54) is 68.0 Å². The minimum Gasteiger partial charge on any atom is -0.511 e. The zero-order valence-electron chi connectivity index (χ0n) is 40.6. The number of esters is 1. The number of aliphatic hydroxyl groups excluding tert-OH is 1. The van der Waals surface area contributed by atoms with Gasteiger partial charge >= 0.3 is 5.97 Å². The van der Waals surface area contributed by atoms with E-state index in [0.29, 0.717) is 22.8 Å². The number of fused-ring (bicyclic) bond motifs is 4. The number of benzene rings is 4. The number of aryl methyl sites for hydroxylation is 1. The Bertz CT molecular complexity index is 2810. The topological polar surface area (TPSA) is 139 Å². The van der Waals surface area contributed by atoms with E-state index >= 15 is 0 Å². The number of anilines is 2. The Morgan fingerprint density at radius 2 is 1.60 bits per heavy atom. The number of Topliss-reactive ketones (excluding diaryl/α,β-unsaturated/α-hetero) is 2. The van der Waals surface area contributed by atoms with Crippen LogP contribution in [0.1, 0.15) is 89.9 Å². The summed E-state index contributed by atoms with van der Waals surface area (Å²) in [5, 5.41) is 17.7. The number of methoxy groups -OCH3 is 1. The Labute approximate surface area is 430 Å². The van der Waals surface area contributed by atoms with Crippen LogP contribution >= 0.6 is 46.6 Å². The highest BCUT2D eigenvalue weighted by Crippen LogP contribution is 2.43. The third-order valence-electron chi connectivity index (χ3n) is 11.8. The number of carbonyl (C=O) groups excluding carboxylic acids is 3. The summed E-state index contributed by atoms with van der Waals surface area (Å²) in [6.07, 6.45) is 5.85. The van der Waals surface area contributed by atoms with E-state index in [4.69, 9.17) is 9.47 Å². The molecular formula is C55H68N4O7S4. The van der Waals surface area contributed by atoms with Crippen LogP contribution < -0.4 is 30.0 Å². The number of aromatic nitrogens is 1.